The minimum absolute atomic E-state index is 0.000910. The van der Waals surface area contributed by atoms with Gasteiger partial charge in [-0.2, -0.15) is 18.3 Å². The molecule has 206 valence electrons. The maximum absolute atomic E-state index is 13.0. The topological polar surface area (TPSA) is 122 Å². The highest BCUT2D eigenvalue weighted by Gasteiger charge is 2.33. The molecule has 0 atom stereocenters. The van der Waals surface area contributed by atoms with E-state index in [1.54, 1.807) is 13.0 Å². The number of nitrogens with one attached hydrogen (secondary N) is 1. The zero-order valence-electron chi connectivity index (χ0n) is 20.7. The van der Waals surface area contributed by atoms with E-state index in [1.165, 1.54) is 44.7 Å². The number of nitro benzene ring substituents is 1. The van der Waals surface area contributed by atoms with E-state index >= 15 is 0 Å². The number of nitrogens with zero attached hydrogens (tertiary/aromatic N) is 2. The summed E-state index contributed by atoms with van der Waals surface area (Å²) in [5.41, 5.74) is 0.831. The molecule has 3 rings (SSSR count). The number of methoxy groups -OCH3 is 2. The van der Waals surface area contributed by atoms with Gasteiger partial charge in [0, 0.05) is 11.6 Å². The van der Waals surface area contributed by atoms with Crippen LogP contribution < -0.4 is 24.4 Å². The van der Waals surface area contributed by atoms with Crippen LogP contribution in [0.3, 0.4) is 0 Å². The van der Waals surface area contributed by atoms with Gasteiger partial charge in [0.25, 0.3) is 5.91 Å². The van der Waals surface area contributed by atoms with Crippen molar-refractivity contribution in [2.24, 2.45) is 5.10 Å². The van der Waals surface area contributed by atoms with Crippen LogP contribution in [0.5, 0.6) is 28.7 Å². The molecule has 10 nitrogen and oxygen atoms in total. The van der Waals surface area contributed by atoms with Crippen molar-refractivity contribution in [3.63, 3.8) is 0 Å². The van der Waals surface area contributed by atoms with Crippen molar-refractivity contribution < 1.29 is 41.8 Å². The maximum atomic E-state index is 13.0. The largest absolute Gasteiger partial charge is 0.493 e. The zero-order valence-corrected chi connectivity index (χ0v) is 21.4. The molecule has 0 unspecified atom stereocenters. The third kappa shape index (κ3) is 7.08. The first-order valence-electron chi connectivity index (χ1n) is 11.0. The van der Waals surface area contributed by atoms with Gasteiger partial charge in [-0.25, -0.2) is 5.43 Å². The summed E-state index contributed by atoms with van der Waals surface area (Å²) in [4.78, 5) is 22.9. The highest BCUT2D eigenvalue weighted by Crippen LogP contribution is 2.43. The van der Waals surface area contributed by atoms with E-state index in [2.05, 4.69) is 10.5 Å². The molecule has 1 N–H and O–H groups in total. The Bertz CT molecular complexity index is 1410. The molecule has 0 radical (unpaired) electrons. The van der Waals surface area contributed by atoms with E-state index in [4.69, 9.17) is 30.5 Å². The summed E-state index contributed by atoms with van der Waals surface area (Å²) in [5, 5.41) is 15.2. The van der Waals surface area contributed by atoms with Crippen molar-refractivity contribution in [3.05, 3.63) is 80.4 Å². The molecule has 0 aromatic heterocycles. The third-order valence-electron chi connectivity index (χ3n) is 5.05. The van der Waals surface area contributed by atoms with Crippen molar-refractivity contribution >= 4 is 29.4 Å². The minimum Gasteiger partial charge on any atom is -0.493 e. The second-order valence-electron chi connectivity index (χ2n) is 7.57. The van der Waals surface area contributed by atoms with Gasteiger partial charge in [-0.1, -0.05) is 11.6 Å². The standard InChI is InChI=1S/C25H21ClF3N3O7/c1-4-38-21-11-15(5-7-20(21)36-2)24(33)31-30-13-14-9-17(26)23(22(10-14)37-3)39-19-8-6-16(25(27,28)29)12-18(19)32(34)35/h5-13H,4H2,1-3H3,(H,31,33)/b30-13+. The van der Waals surface area contributed by atoms with E-state index < -0.39 is 34.0 Å². The van der Waals surface area contributed by atoms with Crippen LogP contribution in [0, 0.1) is 10.1 Å². The Morgan fingerprint density at radius 1 is 1.05 bits per heavy atom. The summed E-state index contributed by atoms with van der Waals surface area (Å²) in [6, 6.07) is 9.18. The van der Waals surface area contributed by atoms with Crippen molar-refractivity contribution in [2.45, 2.75) is 13.1 Å². The van der Waals surface area contributed by atoms with Crippen molar-refractivity contribution in [2.75, 3.05) is 20.8 Å². The van der Waals surface area contributed by atoms with Gasteiger partial charge in [0.2, 0.25) is 5.75 Å². The summed E-state index contributed by atoms with van der Waals surface area (Å²) in [7, 11) is 2.74. The molecule has 0 fully saturated rings. The van der Waals surface area contributed by atoms with Crippen molar-refractivity contribution in [1.29, 1.82) is 0 Å². The minimum atomic E-state index is -4.78. The summed E-state index contributed by atoms with van der Waals surface area (Å²) < 4.78 is 60.4. The molecule has 0 aliphatic heterocycles. The predicted octanol–water partition coefficient (Wildman–Crippen LogP) is 6.24. The fourth-order valence-corrected chi connectivity index (χ4v) is 3.52. The summed E-state index contributed by atoms with van der Waals surface area (Å²) in [5.74, 6) is -0.347. The molecule has 0 bridgehead atoms. The highest BCUT2D eigenvalue weighted by molar-refractivity contribution is 6.32. The van der Waals surface area contributed by atoms with Crippen LogP contribution in [0.25, 0.3) is 0 Å². The third-order valence-corrected chi connectivity index (χ3v) is 5.33. The maximum Gasteiger partial charge on any atom is 0.416 e. The van der Waals surface area contributed by atoms with E-state index in [-0.39, 0.29) is 22.1 Å². The van der Waals surface area contributed by atoms with Gasteiger partial charge in [0.1, 0.15) is 0 Å². The summed E-state index contributed by atoms with van der Waals surface area (Å²) in [6.07, 6.45) is -3.53. The fraction of sp³-hybridized carbons (Fsp3) is 0.200. The van der Waals surface area contributed by atoms with Gasteiger partial charge in [-0.3, -0.25) is 14.9 Å². The number of alkyl halides is 3. The first kappa shape index (κ1) is 29.0. The van der Waals surface area contributed by atoms with E-state index in [0.29, 0.717) is 35.8 Å². The molecule has 1 amide bonds. The van der Waals surface area contributed by atoms with Gasteiger partial charge >= 0.3 is 11.9 Å². The van der Waals surface area contributed by atoms with Crippen LogP contribution in [0.2, 0.25) is 5.02 Å². The average molecular weight is 568 g/mol. The SMILES string of the molecule is CCOc1cc(C(=O)N/N=C/c2cc(Cl)c(Oc3ccc(C(F)(F)F)cc3[N+](=O)[O-])c(OC)c2)ccc1OC. The van der Waals surface area contributed by atoms with Crippen molar-refractivity contribution in [3.8, 4) is 28.7 Å². The molecule has 0 heterocycles. The summed E-state index contributed by atoms with van der Waals surface area (Å²) >= 11 is 6.28. The second kappa shape index (κ2) is 12.3. The lowest BCUT2D eigenvalue weighted by molar-refractivity contribution is -0.385. The number of nitro groups is 1. The Kier molecular flexibility index (Phi) is 9.20. The molecule has 3 aromatic rings. The number of carbonyl (C=O) groups excluding carboxylic acids is 1. The summed E-state index contributed by atoms with van der Waals surface area (Å²) in [6.45, 7) is 2.16. The quantitative estimate of drug-likeness (QED) is 0.175. The molecule has 0 spiro atoms. The molecule has 39 heavy (non-hydrogen) atoms. The van der Waals surface area contributed by atoms with Crippen LogP contribution in [0.1, 0.15) is 28.4 Å². The molecule has 0 aliphatic carbocycles. The van der Waals surface area contributed by atoms with Gasteiger partial charge in [-0.15, -0.1) is 0 Å². The molecule has 14 heteroatoms. The monoisotopic (exact) mass is 567 g/mol. The Hall–Kier alpha value is -4.52. The molecular formula is C25H21ClF3N3O7. The van der Waals surface area contributed by atoms with E-state index in [9.17, 15) is 28.1 Å². The van der Waals surface area contributed by atoms with Crippen LogP contribution in [-0.4, -0.2) is 37.9 Å². The lowest BCUT2D eigenvalue weighted by atomic mass is 10.1. The number of benzene rings is 3. The number of rotatable bonds is 10. The number of hydrogen-bond donors (Lipinski definition) is 1. The first-order chi connectivity index (χ1) is 18.5. The van der Waals surface area contributed by atoms with Gasteiger partial charge in [-0.05, 0) is 55.0 Å². The van der Waals surface area contributed by atoms with E-state index in [1.807, 2.05) is 0 Å². The Morgan fingerprint density at radius 3 is 2.36 bits per heavy atom. The van der Waals surface area contributed by atoms with Gasteiger partial charge in [0.15, 0.2) is 23.0 Å². The second-order valence-corrected chi connectivity index (χ2v) is 7.98. The average Bonchev–Trinajstić information content (AvgIpc) is 2.89. The molecule has 0 saturated heterocycles. The molecular weight excluding hydrogens is 547 g/mol. The number of halogens is 4. The lowest BCUT2D eigenvalue weighted by Gasteiger charge is -2.14. The normalized spacial score (nSPS) is 11.3. The fourth-order valence-electron chi connectivity index (χ4n) is 3.26. The Morgan fingerprint density at radius 2 is 1.74 bits per heavy atom. The number of ether oxygens (including phenoxy) is 4. The number of hydrogen-bond acceptors (Lipinski definition) is 8. The van der Waals surface area contributed by atoms with E-state index in [0.717, 1.165) is 6.07 Å². The van der Waals surface area contributed by atoms with Crippen LogP contribution in [0.4, 0.5) is 18.9 Å². The Balaban J connectivity index is 1.82. The molecule has 0 aliphatic rings. The first-order valence-corrected chi connectivity index (χ1v) is 11.4. The number of amides is 1. The highest BCUT2D eigenvalue weighted by atomic mass is 35.5. The van der Waals surface area contributed by atoms with Gasteiger partial charge in [0.05, 0.1) is 42.6 Å². The number of carbonyl (C=O) groups is 1. The van der Waals surface area contributed by atoms with Gasteiger partial charge < -0.3 is 18.9 Å². The molecule has 3 aromatic carbocycles. The zero-order chi connectivity index (χ0) is 28.7. The smallest absolute Gasteiger partial charge is 0.416 e. The van der Waals surface area contributed by atoms with Crippen LogP contribution in [0.15, 0.2) is 53.6 Å². The molecule has 0 saturated carbocycles. The lowest BCUT2D eigenvalue weighted by Crippen LogP contribution is -2.17. The Labute approximate surface area is 225 Å². The van der Waals surface area contributed by atoms with Crippen LogP contribution >= 0.6 is 11.6 Å². The predicted molar refractivity (Wildman–Crippen MR) is 135 cm³/mol. The van der Waals surface area contributed by atoms with Crippen LogP contribution in [-0.2, 0) is 6.18 Å². The van der Waals surface area contributed by atoms with Crippen molar-refractivity contribution in [1.82, 2.24) is 5.43 Å². The number of hydrazone groups is 1.